The van der Waals surface area contributed by atoms with Gasteiger partial charge in [-0.1, -0.05) is 22.4 Å². The lowest BCUT2D eigenvalue weighted by atomic mass is 10.2. The van der Waals surface area contributed by atoms with E-state index in [-0.39, 0.29) is 95.9 Å². The number of nitrogens with one attached hydrogen (secondary N) is 1. The van der Waals surface area contributed by atoms with Gasteiger partial charge in [0.25, 0.3) is 5.91 Å². The number of esters is 2. The summed E-state index contributed by atoms with van der Waals surface area (Å²) in [6.07, 6.45) is -7.71. The third kappa shape index (κ3) is 24.3. The van der Waals surface area contributed by atoms with Gasteiger partial charge in [-0.05, 0) is 67.7 Å². The number of ether oxygens (including phenoxy) is 8. The highest BCUT2D eigenvalue weighted by Gasteiger charge is 2.37. The summed E-state index contributed by atoms with van der Waals surface area (Å²) in [5, 5.41) is 18.2. The largest absolute Gasteiger partial charge is 0.491 e. The predicted molar refractivity (Wildman–Crippen MR) is 196 cm³/mol. The Labute approximate surface area is 335 Å². The number of nitrogens with zero attached hydrogens (tertiary/aromatic N) is 6. The number of carbonyl (C=O) groups excluding carboxylic acids is 4. The van der Waals surface area contributed by atoms with Gasteiger partial charge in [0.1, 0.15) is 37.9 Å². The molecule has 0 aromatic heterocycles. The summed E-state index contributed by atoms with van der Waals surface area (Å²) in [7, 11) is 0. The molecule has 2 aromatic carbocycles. The van der Waals surface area contributed by atoms with E-state index in [1.54, 1.807) is 19.9 Å². The number of hydrogen-bond acceptors (Lipinski definition) is 15. The van der Waals surface area contributed by atoms with E-state index in [0.717, 1.165) is 0 Å². The minimum atomic E-state index is -4.89. The van der Waals surface area contributed by atoms with Gasteiger partial charge in [0.15, 0.2) is 12.5 Å². The van der Waals surface area contributed by atoms with Gasteiger partial charge < -0.3 is 48.3 Å². The summed E-state index contributed by atoms with van der Waals surface area (Å²) in [6.45, 7) is 3.25. The van der Waals surface area contributed by atoms with Crippen LogP contribution in [0.25, 0.3) is 20.9 Å². The molecule has 0 fully saturated rings. The molecule has 21 nitrogen and oxygen atoms in total. The molecule has 2 N–H and O–H groups in total. The molecule has 1 amide bonds. The van der Waals surface area contributed by atoms with Crippen LogP contribution < -0.4 is 14.8 Å². The molecule has 24 heteroatoms. The molecular weight excluding hydrogens is 799 g/mol. The summed E-state index contributed by atoms with van der Waals surface area (Å²) in [5.41, 5.74) is 17.4. The monoisotopic (exact) mass is 843 g/mol. The van der Waals surface area contributed by atoms with Crippen LogP contribution >= 0.6 is 0 Å². The molecule has 0 radical (unpaired) electrons. The van der Waals surface area contributed by atoms with Crippen molar-refractivity contribution in [2.24, 2.45) is 10.2 Å². The van der Waals surface area contributed by atoms with Crippen LogP contribution in [0.3, 0.4) is 0 Å². The van der Waals surface area contributed by atoms with Crippen LogP contribution in [0.15, 0.2) is 58.8 Å². The number of benzene rings is 2. The first-order valence-electron chi connectivity index (χ1n) is 17.6. The van der Waals surface area contributed by atoms with Gasteiger partial charge >= 0.3 is 24.1 Å². The lowest BCUT2D eigenvalue weighted by Gasteiger charge is -2.14. The van der Waals surface area contributed by atoms with Crippen molar-refractivity contribution < 1.29 is 80.1 Å². The summed E-state index contributed by atoms with van der Waals surface area (Å²) >= 11 is 0. The molecule has 0 aliphatic carbocycles. The van der Waals surface area contributed by atoms with Gasteiger partial charge in [-0.2, -0.15) is 13.2 Å². The van der Waals surface area contributed by atoms with Crippen molar-refractivity contribution >= 4 is 29.6 Å². The maximum absolute atomic E-state index is 12.2. The zero-order valence-corrected chi connectivity index (χ0v) is 32.0. The lowest BCUT2D eigenvalue weighted by molar-refractivity contribution is -0.171. The Morgan fingerprint density at radius 1 is 0.763 bits per heavy atom. The second kappa shape index (κ2) is 30.0. The Morgan fingerprint density at radius 3 is 1.68 bits per heavy atom. The van der Waals surface area contributed by atoms with Crippen molar-refractivity contribution in [1.29, 1.82) is 0 Å². The number of rotatable bonds is 28. The number of alkyl halides is 3. The molecule has 0 saturated heterocycles. The van der Waals surface area contributed by atoms with Gasteiger partial charge in [-0.25, -0.2) is 14.4 Å². The van der Waals surface area contributed by atoms with Gasteiger partial charge in [-0.15, -0.1) is 0 Å². The molecule has 2 aromatic rings. The van der Waals surface area contributed by atoms with E-state index in [1.807, 2.05) is 0 Å². The van der Waals surface area contributed by atoms with E-state index < -0.39 is 54.7 Å². The fraction of sp³-hybridized carbons (Fsp3) is 0.514. The molecule has 2 rings (SSSR count). The zero-order chi connectivity index (χ0) is 43.9. The number of hydrogen-bond donors (Lipinski definition) is 2. The van der Waals surface area contributed by atoms with E-state index in [9.17, 15) is 37.1 Å². The molecule has 0 saturated carbocycles. The molecule has 2 atom stereocenters. The molecule has 2 unspecified atom stereocenters. The van der Waals surface area contributed by atoms with Crippen molar-refractivity contribution in [3.8, 4) is 11.5 Å². The molecule has 0 spiro atoms. The molecule has 59 heavy (non-hydrogen) atoms. The quantitative estimate of drug-likeness (QED) is 0.0377. The first kappa shape index (κ1) is 50.9. The van der Waals surface area contributed by atoms with E-state index in [1.165, 1.54) is 42.5 Å². The second-order valence-electron chi connectivity index (χ2n) is 11.0. The van der Waals surface area contributed by atoms with Crippen LogP contribution in [0.5, 0.6) is 11.5 Å². The summed E-state index contributed by atoms with van der Waals surface area (Å²) in [5.74, 6) is -3.93. The highest BCUT2D eigenvalue weighted by Crippen LogP contribution is 2.19. The first-order valence-corrected chi connectivity index (χ1v) is 17.6. The zero-order valence-electron chi connectivity index (χ0n) is 32.0. The van der Waals surface area contributed by atoms with Crippen LogP contribution in [-0.4, -0.2) is 126 Å². The fourth-order valence-electron chi connectivity index (χ4n) is 4.02. The first-order chi connectivity index (χ1) is 28.2. The van der Waals surface area contributed by atoms with Crippen molar-refractivity contribution in [2.45, 2.75) is 45.3 Å². The smallest absolute Gasteiger partial charge is 0.449 e. The third-order valence-corrected chi connectivity index (χ3v) is 6.63. The maximum atomic E-state index is 12.2. The number of Topliss-reactive ketones (excluding diaryl/α,β-unsaturated/α-hetero) is 1. The van der Waals surface area contributed by atoms with Crippen LogP contribution in [0.4, 0.5) is 13.2 Å². The standard InChI is InChI=1S/C20H25F3N4O7.C15H19N3O7/c1-2-32-18(29)13-31-9-10-33-17(26-27-24)12-34-15-6-3-5-14(11-15)19(30)25-8-4-7-16(28)20(21,22)23;1-2-23-14(19)10-22-6-7-24-13(17-18-16)9-25-12-5-3-4-11(8-12)15(20)21/h3,5-6,11,17H,2,4,7-10,12-13H2,1H3,(H,25,30);3-5,8,13H,2,6-7,9-10H2,1H3,(H,20,21). The summed E-state index contributed by atoms with van der Waals surface area (Å²) < 4.78 is 77.5. The number of carboxylic acids is 1. The highest BCUT2D eigenvalue weighted by molar-refractivity contribution is 5.94. The lowest BCUT2D eigenvalue weighted by Crippen LogP contribution is -2.27. The number of halogens is 3. The van der Waals surface area contributed by atoms with Crippen LogP contribution in [0.1, 0.15) is 47.4 Å². The number of carbonyl (C=O) groups is 5. The van der Waals surface area contributed by atoms with Crippen LogP contribution in [-0.2, 0) is 42.8 Å². The highest BCUT2D eigenvalue weighted by atomic mass is 19.4. The van der Waals surface area contributed by atoms with Crippen molar-refractivity contribution in [3.05, 3.63) is 80.5 Å². The number of aromatic carboxylic acids is 1. The summed E-state index contributed by atoms with van der Waals surface area (Å²) in [4.78, 5) is 61.4. The minimum Gasteiger partial charge on any atom is -0.491 e. The number of azide groups is 2. The molecule has 324 valence electrons. The Bertz CT molecular complexity index is 1720. The Kier molecular flexibility index (Phi) is 25.9. The molecular formula is C35H44F3N7O14. The Hall–Kier alpha value is -6.16. The van der Waals surface area contributed by atoms with Crippen LogP contribution in [0, 0.1) is 0 Å². The Balaban J connectivity index is 0.000000618. The molecule has 0 bridgehead atoms. The third-order valence-electron chi connectivity index (χ3n) is 6.63. The van der Waals surface area contributed by atoms with E-state index in [2.05, 4.69) is 30.1 Å². The Morgan fingerprint density at radius 2 is 1.24 bits per heavy atom. The van der Waals surface area contributed by atoms with Crippen molar-refractivity contribution in [2.75, 3.05) is 72.6 Å². The van der Waals surface area contributed by atoms with Gasteiger partial charge in [0.2, 0.25) is 5.78 Å². The minimum absolute atomic E-state index is 0.00569. The number of ketones is 1. The van der Waals surface area contributed by atoms with Gasteiger partial charge in [-0.3, -0.25) is 9.59 Å². The van der Waals surface area contributed by atoms with Crippen molar-refractivity contribution in [1.82, 2.24) is 5.32 Å². The average molecular weight is 844 g/mol. The van der Waals surface area contributed by atoms with Crippen LogP contribution in [0.2, 0.25) is 0 Å². The number of amides is 1. The van der Waals surface area contributed by atoms with E-state index in [0.29, 0.717) is 5.75 Å². The second-order valence-corrected chi connectivity index (χ2v) is 11.0. The van der Waals surface area contributed by atoms with E-state index >= 15 is 0 Å². The fourth-order valence-corrected chi connectivity index (χ4v) is 4.02. The molecule has 0 aliphatic rings. The van der Waals surface area contributed by atoms with Gasteiger partial charge in [0.05, 0.1) is 45.2 Å². The maximum Gasteiger partial charge on any atom is 0.449 e. The van der Waals surface area contributed by atoms with Gasteiger partial charge in [0, 0.05) is 28.4 Å². The topological polar surface area (TPSA) is 289 Å². The SMILES string of the molecule is CCOC(=O)COCCOC(COc1cccc(C(=O)NCCCC(=O)C(F)(F)F)c1)N=[N+]=[N-].CCOC(=O)COCCOC(COc1cccc(C(=O)O)c1)N=[N+]=[N-]. The normalized spacial score (nSPS) is 11.5. The van der Waals surface area contributed by atoms with Crippen molar-refractivity contribution in [3.63, 3.8) is 0 Å². The predicted octanol–water partition coefficient (Wildman–Crippen LogP) is 4.94. The molecule has 0 aliphatic heterocycles. The average Bonchev–Trinajstić information content (AvgIpc) is 3.20. The number of carboxylic acid groups (broad SMARTS) is 1. The summed E-state index contributed by atoms with van der Waals surface area (Å²) in [6, 6.07) is 11.8. The van der Waals surface area contributed by atoms with E-state index in [4.69, 9.17) is 49.3 Å². The molecule has 0 heterocycles.